The molecule has 8 N–H and O–H groups in total. The molecule has 2 amide bonds. The third kappa shape index (κ3) is 7.21. The zero-order valence-corrected chi connectivity index (χ0v) is 26.2. The third-order valence-corrected chi connectivity index (χ3v) is 9.04. The van der Waals surface area contributed by atoms with Gasteiger partial charge in [0, 0.05) is 37.4 Å². The molecule has 0 spiro atoms. The number of likely N-dealkylation sites (tertiary alicyclic amines) is 2. The minimum atomic E-state index is -4.82. The predicted octanol–water partition coefficient (Wildman–Crippen LogP) is 0.0951. The van der Waals surface area contributed by atoms with Gasteiger partial charge < -0.3 is 55.4 Å². The number of aromatic nitrogens is 1. The normalized spacial score (nSPS) is 20.6. The Morgan fingerprint density at radius 2 is 1.61 bits per heavy atom. The van der Waals surface area contributed by atoms with Crippen molar-refractivity contribution in [2.24, 2.45) is 5.92 Å². The molecule has 0 aliphatic carbocycles. The standard InChI is InChI=1S/C31H38F3N3O12/c1-2-7-21-18(8-6-15-37(21)25(39)23-20(29(32,33)34)10-5-14-35-23)24(38)36-16-12-27(42,13-17-36)19-9-3-4-11-22(19)49-31(47,48)30(45,46)28(43,44)26(40)41/h3-5,9-11,14,18,21,42-48H,2,6-8,12-13,15-17H2,1H3,(H,40,41). The minimum Gasteiger partial charge on any atom is -0.477 e. The number of carbonyl (C=O) groups is 3. The van der Waals surface area contributed by atoms with Crippen LogP contribution in [-0.4, -0.2) is 117 Å². The Labute approximate surface area is 277 Å². The van der Waals surface area contributed by atoms with Gasteiger partial charge >= 0.3 is 29.7 Å². The first-order valence-electron chi connectivity index (χ1n) is 15.4. The lowest BCUT2D eigenvalue weighted by molar-refractivity contribution is -0.490. The fourth-order valence-electron chi connectivity index (χ4n) is 6.33. The van der Waals surface area contributed by atoms with Crippen molar-refractivity contribution in [2.75, 3.05) is 19.6 Å². The zero-order chi connectivity index (χ0) is 36.6. The van der Waals surface area contributed by atoms with Crippen molar-refractivity contribution >= 4 is 17.8 Å². The van der Waals surface area contributed by atoms with Crippen LogP contribution >= 0.6 is 0 Å². The van der Waals surface area contributed by atoms with E-state index in [9.17, 15) is 63.3 Å². The number of para-hydroxylation sites is 1. The molecule has 4 rings (SSSR count). The molecule has 2 aliphatic heterocycles. The first kappa shape index (κ1) is 37.9. The van der Waals surface area contributed by atoms with E-state index in [2.05, 4.69) is 4.98 Å². The van der Waals surface area contributed by atoms with E-state index in [1.54, 1.807) is 0 Å². The van der Waals surface area contributed by atoms with Gasteiger partial charge in [-0.05, 0) is 50.3 Å². The highest BCUT2D eigenvalue weighted by atomic mass is 19.4. The topological polar surface area (TPSA) is 242 Å². The second-order valence-electron chi connectivity index (χ2n) is 12.2. The molecule has 0 saturated carbocycles. The minimum absolute atomic E-state index is 0.0752. The summed E-state index contributed by atoms with van der Waals surface area (Å²) in [6.45, 7) is 1.79. The Balaban J connectivity index is 1.53. The average Bonchev–Trinajstić information content (AvgIpc) is 3.04. The largest absolute Gasteiger partial charge is 0.477 e. The van der Waals surface area contributed by atoms with Gasteiger partial charge in [-0.25, -0.2) is 4.79 Å². The maximum Gasteiger partial charge on any atom is 0.418 e. The monoisotopic (exact) mass is 701 g/mol. The van der Waals surface area contributed by atoms with Gasteiger partial charge in [-0.3, -0.25) is 14.6 Å². The lowest BCUT2D eigenvalue weighted by Gasteiger charge is -2.45. The molecule has 0 bridgehead atoms. The summed E-state index contributed by atoms with van der Waals surface area (Å²) in [5, 5.41) is 80.1. The average molecular weight is 702 g/mol. The summed E-state index contributed by atoms with van der Waals surface area (Å²) in [7, 11) is 0. The summed E-state index contributed by atoms with van der Waals surface area (Å²) in [6.07, 6.45) is -2.56. The van der Waals surface area contributed by atoms with E-state index < -0.39 is 70.2 Å². The van der Waals surface area contributed by atoms with Gasteiger partial charge in [0.05, 0.1) is 17.1 Å². The number of pyridine rings is 1. The number of carboxylic acids is 1. The molecule has 2 atom stereocenters. The highest BCUT2D eigenvalue weighted by Gasteiger charge is 2.69. The Morgan fingerprint density at radius 1 is 0.980 bits per heavy atom. The van der Waals surface area contributed by atoms with Crippen molar-refractivity contribution in [3.8, 4) is 5.75 Å². The third-order valence-electron chi connectivity index (χ3n) is 9.04. The zero-order valence-electron chi connectivity index (χ0n) is 26.2. The molecule has 270 valence electrons. The number of ether oxygens (including phenoxy) is 1. The maximum atomic E-state index is 13.9. The van der Waals surface area contributed by atoms with E-state index >= 15 is 0 Å². The van der Waals surface area contributed by atoms with Crippen molar-refractivity contribution < 1.29 is 73.1 Å². The number of piperidine rings is 2. The summed E-state index contributed by atoms with van der Waals surface area (Å²) in [5.74, 6) is -18.9. The maximum absolute atomic E-state index is 13.9. The highest BCUT2D eigenvalue weighted by molar-refractivity contribution is 5.95. The van der Waals surface area contributed by atoms with Gasteiger partial charge in [-0.1, -0.05) is 31.5 Å². The van der Waals surface area contributed by atoms with Gasteiger partial charge in [0.1, 0.15) is 11.4 Å². The summed E-state index contributed by atoms with van der Waals surface area (Å²) in [5.41, 5.74) is -3.94. The number of aliphatic carboxylic acids is 1. The van der Waals surface area contributed by atoms with Crippen LogP contribution in [0.4, 0.5) is 13.2 Å². The molecule has 15 nitrogen and oxygen atoms in total. The van der Waals surface area contributed by atoms with E-state index in [4.69, 9.17) is 9.84 Å². The molecule has 1 aromatic carbocycles. The first-order valence-corrected chi connectivity index (χ1v) is 15.4. The molecule has 3 heterocycles. The van der Waals surface area contributed by atoms with Crippen molar-refractivity contribution in [3.63, 3.8) is 0 Å². The SMILES string of the molecule is CCCC1C(C(=O)N2CCC(O)(c3ccccc3OC(O)(O)C(O)(O)C(O)(O)C(=O)O)CC2)CCCN1C(=O)c1ncccc1C(F)(F)F. The van der Waals surface area contributed by atoms with Gasteiger partial charge in [-0.2, -0.15) is 13.2 Å². The number of rotatable bonds is 10. The number of alkyl halides is 3. The van der Waals surface area contributed by atoms with Crippen LogP contribution in [0, 0.1) is 5.92 Å². The van der Waals surface area contributed by atoms with Gasteiger partial charge in [-0.15, -0.1) is 0 Å². The smallest absolute Gasteiger partial charge is 0.418 e. The summed E-state index contributed by atoms with van der Waals surface area (Å²) < 4.78 is 45.9. The molecule has 49 heavy (non-hydrogen) atoms. The van der Waals surface area contributed by atoms with Crippen LogP contribution in [0.3, 0.4) is 0 Å². The molecular formula is C31H38F3N3O12. The van der Waals surface area contributed by atoms with Gasteiger partial charge in [0.2, 0.25) is 5.91 Å². The summed E-state index contributed by atoms with van der Waals surface area (Å²) in [4.78, 5) is 45.0. The summed E-state index contributed by atoms with van der Waals surface area (Å²) >= 11 is 0. The first-order chi connectivity index (χ1) is 22.7. The molecular weight excluding hydrogens is 663 g/mol. The van der Waals surface area contributed by atoms with Crippen molar-refractivity contribution in [1.82, 2.24) is 14.8 Å². The number of hydrogen-bond acceptors (Lipinski definition) is 12. The molecule has 1 aromatic heterocycles. The van der Waals surface area contributed by atoms with Crippen LogP contribution in [-0.2, 0) is 21.4 Å². The van der Waals surface area contributed by atoms with E-state index in [0.717, 1.165) is 24.4 Å². The summed E-state index contributed by atoms with van der Waals surface area (Å²) in [6, 6.07) is 6.14. The van der Waals surface area contributed by atoms with Crippen molar-refractivity contribution in [2.45, 2.75) is 80.8 Å². The highest BCUT2D eigenvalue weighted by Crippen LogP contribution is 2.42. The number of halogens is 3. The molecule has 2 aliphatic rings. The van der Waals surface area contributed by atoms with Crippen LogP contribution in [0.1, 0.15) is 67.1 Å². The van der Waals surface area contributed by atoms with Gasteiger partial charge in [0.25, 0.3) is 5.91 Å². The molecule has 2 fully saturated rings. The molecule has 2 aromatic rings. The molecule has 2 unspecified atom stereocenters. The Morgan fingerprint density at radius 3 is 2.20 bits per heavy atom. The number of hydrogen-bond donors (Lipinski definition) is 8. The Bertz CT molecular complexity index is 1540. The lowest BCUT2D eigenvalue weighted by Crippen LogP contribution is -2.73. The van der Waals surface area contributed by atoms with Crippen LogP contribution in [0.15, 0.2) is 42.6 Å². The fourth-order valence-corrected chi connectivity index (χ4v) is 6.33. The second kappa shape index (κ2) is 13.8. The number of aliphatic hydroxyl groups is 7. The van der Waals surface area contributed by atoms with Crippen LogP contribution in [0.2, 0.25) is 0 Å². The van der Waals surface area contributed by atoms with Crippen LogP contribution in [0.25, 0.3) is 0 Å². The van der Waals surface area contributed by atoms with E-state index in [0.29, 0.717) is 25.7 Å². The fraction of sp³-hybridized carbons (Fsp3) is 0.548. The van der Waals surface area contributed by atoms with E-state index in [1.807, 2.05) is 6.92 Å². The number of carbonyl (C=O) groups excluding carboxylic acids is 2. The lowest BCUT2D eigenvalue weighted by atomic mass is 9.81. The number of amides is 2. The molecule has 2 saturated heterocycles. The van der Waals surface area contributed by atoms with E-state index in [1.165, 1.54) is 28.0 Å². The van der Waals surface area contributed by atoms with Gasteiger partial charge in [0.15, 0.2) is 0 Å². The van der Waals surface area contributed by atoms with Crippen molar-refractivity contribution in [3.05, 3.63) is 59.4 Å². The number of nitrogens with zero attached hydrogens (tertiary/aromatic N) is 3. The second-order valence-corrected chi connectivity index (χ2v) is 12.2. The Kier molecular flexibility index (Phi) is 10.7. The molecule has 18 heteroatoms. The quantitative estimate of drug-likeness (QED) is 0.154. The van der Waals surface area contributed by atoms with Crippen molar-refractivity contribution in [1.29, 1.82) is 0 Å². The molecule has 0 radical (unpaired) electrons. The predicted molar refractivity (Wildman–Crippen MR) is 158 cm³/mol. The number of benzene rings is 1. The van der Waals surface area contributed by atoms with Crippen LogP contribution < -0.4 is 4.74 Å². The van der Waals surface area contributed by atoms with Crippen LogP contribution in [0.5, 0.6) is 5.75 Å². The number of carboxylic acid groups (broad SMARTS) is 1. The Hall–Kier alpha value is -3.91. The van der Waals surface area contributed by atoms with E-state index in [-0.39, 0.29) is 43.9 Å².